The lowest BCUT2D eigenvalue weighted by atomic mass is 10.2. The standard InChI is InChI=1S/C19H22FN3O2S2/c1-13-11-16(18(24)25-2)17(27-13)21-19(26)23-9-7-22(8-10-23)12-14-3-5-15(20)6-4-14/h3-6,11H,7-10,12H2,1-2H3,(H,21,26). The number of hydrogen-bond donors (Lipinski definition) is 1. The van der Waals surface area contributed by atoms with Gasteiger partial charge in [-0.2, -0.15) is 0 Å². The predicted octanol–water partition coefficient (Wildman–Crippen LogP) is 3.50. The molecule has 1 fully saturated rings. The molecule has 1 aliphatic heterocycles. The highest BCUT2D eigenvalue weighted by Crippen LogP contribution is 2.28. The molecule has 144 valence electrons. The number of carbonyl (C=O) groups excluding carboxylic acids is 1. The Morgan fingerprint density at radius 2 is 1.93 bits per heavy atom. The minimum atomic E-state index is -0.367. The van der Waals surface area contributed by atoms with Gasteiger partial charge in [-0.25, -0.2) is 9.18 Å². The summed E-state index contributed by atoms with van der Waals surface area (Å²) < 4.78 is 17.9. The van der Waals surface area contributed by atoms with E-state index in [0.717, 1.165) is 48.2 Å². The summed E-state index contributed by atoms with van der Waals surface area (Å²) in [6.07, 6.45) is 0. The molecule has 0 saturated carbocycles. The summed E-state index contributed by atoms with van der Waals surface area (Å²) in [6, 6.07) is 8.43. The van der Waals surface area contributed by atoms with E-state index in [4.69, 9.17) is 17.0 Å². The molecule has 0 atom stereocenters. The highest BCUT2D eigenvalue weighted by Gasteiger charge is 2.22. The molecule has 1 saturated heterocycles. The van der Waals surface area contributed by atoms with Crippen molar-refractivity contribution in [2.45, 2.75) is 13.5 Å². The third kappa shape index (κ3) is 5.03. The zero-order valence-corrected chi connectivity index (χ0v) is 17.0. The normalized spacial score (nSPS) is 14.9. The number of nitrogens with one attached hydrogen (secondary N) is 1. The smallest absolute Gasteiger partial charge is 0.340 e. The number of aryl methyl sites for hydroxylation is 1. The van der Waals surface area contributed by atoms with Crippen molar-refractivity contribution < 1.29 is 13.9 Å². The van der Waals surface area contributed by atoms with E-state index in [2.05, 4.69) is 15.1 Å². The number of benzene rings is 1. The first-order valence-corrected chi connectivity index (χ1v) is 9.90. The van der Waals surface area contributed by atoms with Gasteiger partial charge >= 0.3 is 5.97 Å². The Morgan fingerprint density at radius 1 is 1.26 bits per heavy atom. The van der Waals surface area contributed by atoms with Crippen molar-refractivity contribution in [3.63, 3.8) is 0 Å². The van der Waals surface area contributed by atoms with Crippen molar-refractivity contribution >= 4 is 39.6 Å². The number of esters is 1. The van der Waals surface area contributed by atoms with Crippen molar-refractivity contribution in [2.24, 2.45) is 0 Å². The molecule has 8 heteroatoms. The van der Waals surface area contributed by atoms with Gasteiger partial charge in [0.2, 0.25) is 0 Å². The second-order valence-corrected chi connectivity index (χ2v) is 8.05. The Balaban J connectivity index is 1.54. The van der Waals surface area contributed by atoms with Gasteiger partial charge in [0, 0.05) is 37.6 Å². The van der Waals surface area contributed by atoms with E-state index >= 15 is 0 Å². The number of methoxy groups -OCH3 is 1. The first-order valence-electron chi connectivity index (χ1n) is 8.67. The number of nitrogens with zero attached hydrogens (tertiary/aromatic N) is 2. The SMILES string of the molecule is COC(=O)c1cc(C)sc1NC(=S)N1CCN(Cc2ccc(F)cc2)CC1. The number of ether oxygens (including phenoxy) is 1. The topological polar surface area (TPSA) is 44.8 Å². The van der Waals surface area contributed by atoms with E-state index in [-0.39, 0.29) is 11.8 Å². The summed E-state index contributed by atoms with van der Waals surface area (Å²) in [5.74, 6) is -0.580. The van der Waals surface area contributed by atoms with Gasteiger partial charge in [0.05, 0.1) is 12.7 Å². The summed E-state index contributed by atoms with van der Waals surface area (Å²) >= 11 is 7.03. The third-order valence-corrected chi connectivity index (χ3v) is 5.79. The Labute approximate surface area is 167 Å². The van der Waals surface area contributed by atoms with Crippen molar-refractivity contribution in [3.8, 4) is 0 Å². The number of thiophene rings is 1. The third-order valence-electron chi connectivity index (χ3n) is 4.46. The summed E-state index contributed by atoms with van der Waals surface area (Å²) in [5, 5.41) is 4.54. The Kier molecular flexibility index (Phi) is 6.41. The molecule has 1 aromatic carbocycles. The first kappa shape index (κ1) is 19.7. The quantitative estimate of drug-likeness (QED) is 0.618. The molecule has 0 unspecified atom stereocenters. The fourth-order valence-corrected chi connectivity index (χ4v) is 4.25. The molecule has 2 heterocycles. The maximum Gasteiger partial charge on any atom is 0.340 e. The second kappa shape index (κ2) is 8.77. The van der Waals surface area contributed by atoms with Crippen molar-refractivity contribution in [2.75, 3.05) is 38.6 Å². The highest BCUT2D eigenvalue weighted by molar-refractivity contribution is 7.80. The lowest BCUT2D eigenvalue weighted by molar-refractivity contribution is 0.0602. The molecular weight excluding hydrogens is 385 g/mol. The van der Waals surface area contributed by atoms with Crippen LogP contribution in [0, 0.1) is 12.7 Å². The second-order valence-electron chi connectivity index (χ2n) is 6.41. The lowest BCUT2D eigenvalue weighted by Gasteiger charge is -2.36. The molecule has 0 aliphatic carbocycles. The van der Waals surface area contributed by atoms with Gasteiger partial charge < -0.3 is 15.0 Å². The minimum Gasteiger partial charge on any atom is -0.465 e. The van der Waals surface area contributed by atoms with Crippen molar-refractivity contribution in [1.82, 2.24) is 9.80 Å². The van der Waals surface area contributed by atoms with Crippen molar-refractivity contribution in [1.29, 1.82) is 0 Å². The van der Waals surface area contributed by atoms with Gasteiger partial charge in [0.1, 0.15) is 10.8 Å². The molecule has 0 amide bonds. The van der Waals surface area contributed by atoms with Gasteiger partial charge in [-0.1, -0.05) is 12.1 Å². The largest absolute Gasteiger partial charge is 0.465 e. The molecule has 2 aromatic rings. The number of anilines is 1. The van der Waals surface area contributed by atoms with Crippen LogP contribution in [0.25, 0.3) is 0 Å². The molecule has 0 spiro atoms. The highest BCUT2D eigenvalue weighted by atomic mass is 32.1. The number of piperazine rings is 1. The van der Waals surface area contributed by atoms with Crippen molar-refractivity contribution in [3.05, 3.63) is 52.2 Å². The van der Waals surface area contributed by atoms with Crippen LogP contribution in [0.2, 0.25) is 0 Å². The van der Waals surface area contributed by atoms with Gasteiger partial charge in [-0.15, -0.1) is 11.3 Å². The van der Waals surface area contributed by atoms with E-state index in [0.29, 0.717) is 10.7 Å². The van der Waals surface area contributed by atoms with Crippen LogP contribution >= 0.6 is 23.6 Å². The van der Waals surface area contributed by atoms with Crippen LogP contribution in [0.1, 0.15) is 20.8 Å². The molecule has 1 aromatic heterocycles. The summed E-state index contributed by atoms with van der Waals surface area (Å²) in [4.78, 5) is 17.3. The average Bonchev–Trinajstić information content (AvgIpc) is 3.03. The van der Waals surface area contributed by atoms with Gasteiger partial charge in [-0.05, 0) is 42.9 Å². The molecule has 27 heavy (non-hydrogen) atoms. The van der Waals surface area contributed by atoms with E-state index in [1.54, 1.807) is 0 Å². The van der Waals surface area contributed by atoms with E-state index in [9.17, 15) is 9.18 Å². The van der Waals surface area contributed by atoms with Gasteiger partial charge in [0.25, 0.3) is 0 Å². The zero-order valence-electron chi connectivity index (χ0n) is 15.3. The van der Waals surface area contributed by atoms with E-state index in [1.165, 1.54) is 30.6 Å². The monoisotopic (exact) mass is 407 g/mol. The molecule has 1 aliphatic rings. The minimum absolute atomic E-state index is 0.213. The van der Waals surface area contributed by atoms with Crippen LogP contribution in [0.5, 0.6) is 0 Å². The van der Waals surface area contributed by atoms with Gasteiger partial charge in [-0.3, -0.25) is 4.90 Å². The number of hydrogen-bond acceptors (Lipinski definition) is 5. The Bertz CT molecular complexity index is 815. The Morgan fingerprint density at radius 3 is 2.56 bits per heavy atom. The molecule has 0 radical (unpaired) electrons. The summed E-state index contributed by atoms with van der Waals surface area (Å²) in [6.45, 7) is 6.07. The molecular formula is C19H22FN3O2S2. The molecule has 5 nitrogen and oxygen atoms in total. The summed E-state index contributed by atoms with van der Waals surface area (Å²) in [7, 11) is 1.37. The number of rotatable bonds is 4. The fraction of sp³-hybridized carbons (Fsp3) is 0.368. The van der Waals surface area contributed by atoms with Gasteiger partial charge in [0.15, 0.2) is 5.11 Å². The average molecular weight is 408 g/mol. The van der Waals surface area contributed by atoms with Crippen LogP contribution in [0.3, 0.4) is 0 Å². The maximum absolute atomic E-state index is 13.0. The fourth-order valence-electron chi connectivity index (χ4n) is 3.00. The first-order chi connectivity index (χ1) is 13.0. The number of thiocarbonyl (C=S) groups is 1. The molecule has 0 bridgehead atoms. The van der Waals surface area contributed by atoms with E-state index in [1.807, 2.05) is 25.1 Å². The lowest BCUT2D eigenvalue weighted by Crippen LogP contribution is -2.49. The van der Waals surface area contributed by atoms with E-state index < -0.39 is 0 Å². The molecule has 3 rings (SSSR count). The van der Waals surface area contributed by atoms with Crippen LogP contribution in [-0.2, 0) is 11.3 Å². The number of carbonyl (C=O) groups is 1. The van der Waals surface area contributed by atoms with Crippen LogP contribution < -0.4 is 5.32 Å². The zero-order chi connectivity index (χ0) is 19.4. The molecule has 1 N–H and O–H groups in total. The van der Waals surface area contributed by atoms with Crippen LogP contribution in [0.15, 0.2) is 30.3 Å². The van der Waals surface area contributed by atoms with Crippen LogP contribution in [0.4, 0.5) is 9.39 Å². The van der Waals surface area contributed by atoms with Crippen LogP contribution in [-0.4, -0.2) is 54.2 Å². The maximum atomic E-state index is 13.0. The number of halogens is 1. The summed E-state index contributed by atoms with van der Waals surface area (Å²) in [5.41, 5.74) is 1.61. The Hall–Kier alpha value is -2.03. The predicted molar refractivity (Wildman–Crippen MR) is 110 cm³/mol.